The highest BCUT2D eigenvalue weighted by Crippen LogP contribution is 2.44. The molecule has 98 valence electrons. The van der Waals surface area contributed by atoms with Gasteiger partial charge in [0.1, 0.15) is 0 Å². The Kier molecular flexibility index (Phi) is 9.07. The van der Waals surface area contributed by atoms with E-state index in [4.69, 9.17) is 0 Å². The maximum absolute atomic E-state index is 2.45. The molecule has 0 bridgehead atoms. The lowest BCUT2D eigenvalue weighted by Gasteiger charge is -2.41. The molecule has 0 aromatic carbocycles. The van der Waals surface area contributed by atoms with E-state index in [0.717, 1.165) is 23.7 Å². The van der Waals surface area contributed by atoms with Crippen LogP contribution in [-0.4, -0.2) is 0 Å². The zero-order valence-electron chi connectivity index (χ0n) is 12.6. The molecular formula is C16H34. The molecule has 4 unspecified atom stereocenters. The van der Waals surface area contributed by atoms with E-state index in [-0.39, 0.29) is 0 Å². The molecule has 0 saturated heterocycles. The Morgan fingerprint density at radius 2 is 0.938 bits per heavy atom. The monoisotopic (exact) mass is 226 g/mol. The van der Waals surface area contributed by atoms with Gasteiger partial charge in [0.05, 0.1) is 0 Å². The first kappa shape index (κ1) is 16.0. The summed E-state index contributed by atoms with van der Waals surface area (Å²) in [6.45, 7) is 12.9. The summed E-state index contributed by atoms with van der Waals surface area (Å²) in [5.41, 5.74) is 0. The summed E-state index contributed by atoms with van der Waals surface area (Å²) in [4.78, 5) is 0. The molecule has 16 heavy (non-hydrogen) atoms. The van der Waals surface area contributed by atoms with Crippen LogP contribution < -0.4 is 0 Å². The van der Waals surface area contributed by atoms with Crippen molar-refractivity contribution >= 4 is 0 Å². The van der Waals surface area contributed by atoms with E-state index in [1.54, 1.807) is 12.8 Å². The number of fused-ring (bicyclic) bond motifs is 1. The zero-order chi connectivity index (χ0) is 12.6. The van der Waals surface area contributed by atoms with E-state index in [1.165, 1.54) is 25.7 Å². The lowest BCUT2D eigenvalue weighted by atomic mass is 9.64. The molecule has 0 aromatic heterocycles. The summed E-state index contributed by atoms with van der Waals surface area (Å²) in [5.74, 6) is 4.24. The molecule has 0 spiro atoms. The van der Waals surface area contributed by atoms with Crippen molar-refractivity contribution in [3.8, 4) is 0 Å². The van der Waals surface area contributed by atoms with Gasteiger partial charge in [0, 0.05) is 0 Å². The minimum Gasteiger partial charge on any atom is -0.0683 e. The number of rotatable bonds is 0. The molecule has 0 amide bonds. The third-order valence-corrected chi connectivity index (χ3v) is 4.39. The molecule has 2 rings (SSSR count). The van der Waals surface area contributed by atoms with Crippen LogP contribution in [0.4, 0.5) is 0 Å². The molecule has 4 atom stereocenters. The summed E-state index contributed by atoms with van der Waals surface area (Å²) in [7, 11) is 0. The van der Waals surface area contributed by atoms with Crippen LogP contribution in [0.1, 0.15) is 80.1 Å². The average Bonchev–Trinajstić information content (AvgIpc) is 2.36. The summed E-state index contributed by atoms with van der Waals surface area (Å²) in [6.07, 6.45) is 9.19. The Hall–Kier alpha value is 0. The van der Waals surface area contributed by atoms with Crippen molar-refractivity contribution in [1.29, 1.82) is 0 Å². The lowest BCUT2D eigenvalue weighted by molar-refractivity contribution is 0.0942. The summed E-state index contributed by atoms with van der Waals surface area (Å²) in [5, 5.41) is 0. The van der Waals surface area contributed by atoms with Gasteiger partial charge in [0.25, 0.3) is 0 Å². The second-order valence-corrected chi connectivity index (χ2v) is 5.23. The van der Waals surface area contributed by atoms with E-state index in [1.807, 2.05) is 27.7 Å². The first-order chi connectivity index (χ1) is 7.77. The van der Waals surface area contributed by atoms with Crippen molar-refractivity contribution in [2.45, 2.75) is 80.1 Å². The van der Waals surface area contributed by atoms with Crippen molar-refractivity contribution in [3.63, 3.8) is 0 Å². The van der Waals surface area contributed by atoms with Gasteiger partial charge in [-0.3, -0.25) is 0 Å². The fourth-order valence-corrected chi connectivity index (χ4v) is 3.32. The van der Waals surface area contributed by atoms with E-state index < -0.39 is 0 Å². The number of hydrogen-bond donors (Lipinski definition) is 0. The smallest absolute Gasteiger partial charge is 0.0383 e. The molecular weight excluding hydrogens is 192 g/mol. The molecule has 2 aliphatic carbocycles. The van der Waals surface area contributed by atoms with Crippen LogP contribution in [0.25, 0.3) is 0 Å². The van der Waals surface area contributed by atoms with E-state index >= 15 is 0 Å². The SMILES string of the molecule is CC.CC.CC1CC2CCCCC2CC1C. The van der Waals surface area contributed by atoms with Crippen LogP contribution in [0.15, 0.2) is 0 Å². The van der Waals surface area contributed by atoms with Gasteiger partial charge in [-0.25, -0.2) is 0 Å². The quantitative estimate of drug-likeness (QED) is 0.481. The molecule has 0 radical (unpaired) electrons. The predicted octanol–water partition coefficient (Wildman–Crippen LogP) is 5.91. The lowest BCUT2D eigenvalue weighted by Crippen LogP contribution is -2.31. The molecule has 0 heterocycles. The number of hydrogen-bond acceptors (Lipinski definition) is 0. The third-order valence-electron chi connectivity index (χ3n) is 4.39. The van der Waals surface area contributed by atoms with Gasteiger partial charge in [-0.05, 0) is 36.5 Å². The Morgan fingerprint density at radius 1 is 0.625 bits per heavy atom. The molecule has 0 heteroatoms. The van der Waals surface area contributed by atoms with Crippen molar-refractivity contribution in [1.82, 2.24) is 0 Å². The Bertz CT molecular complexity index is 132. The van der Waals surface area contributed by atoms with Crippen LogP contribution in [0, 0.1) is 23.7 Å². The van der Waals surface area contributed by atoms with Gasteiger partial charge < -0.3 is 0 Å². The van der Waals surface area contributed by atoms with Crippen molar-refractivity contribution in [3.05, 3.63) is 0 Å². The Morgan fingerprint density at radius 3 is 1.25 bits per heavy atom. The zero-order valence-corrected chi connectivity index (χ0v) is 12.6. The van der Waals surface area contributed by atoms with Gasteiger partial charge >= 0.3 is 0 Å². The highest BCUT2D eigenvalue weighted by Gasteiger charge is 2.33. The van der Waals surface area contributed by atoms with Crippen LogP contribution in [-0.2, 0) is 0 Å². The Labute approximate surface area is 104 Å². The summed E-state index contributed by atoms with van der Waals surface area (Å²) < 4.78 is 0. The maximum Gasteiger partial charge on any atom is -0.0383 e. The van der Waals surface area contributed by atoms with Crippen LogP contribution in [0.5, 0.6) is 0 Å². The molecule has 2 aliphatic rings. The van der Waals surface area contributed by atoms with E-state index in [9.17, 15) is 0 Å². The molecule has 2 saturated carbocycles. The van der Waals surface area contributed by atoms with Crippen LogP contribution in [0.2, 0.25) is 0 Å². The van der Waals surface area contributed by atoms with Gasteiger partial charge in [-0.15, -0.1) is 0 Å². The van der Waals surface area contributed by atoms with Crippen LogP contribution >= 0.6 is 0 Å². The summed E-state index contributed by atoms with van der Waals surface area (Å²) >= 11 is 0. The van der Waals surface area contributed by atoms with Gasteiger partial charge in [0.15, 0.2) is 0 Å². The normalized spacial score (nSPS) is 37.1. The molecule has 0 nitrogen and oxygen atoms in total. The maximum atomic E-state index is 2.45. The topological polar surface area (TPSA) is 0 Å². The first-order valence-electron chi connectivity index (χ1n) is 7.77. The molecule has 0 aromatic rings. The highest BCUT2D eigenvalue weighted by molar-refractivity contribution is 4.84. The second-order valence-electron chi connectivity index (χ2n) is 5.23. The molecule has 0 aliphatic heterocycles. The highest BCUT2D eigenvalue weighted by atomic mass is 14.4. The third kappa shape index (κ3) is 4.47. The standard InChI is InChI=1S/C12H22.2C2H6/c1-9-7-11-5-3-4-6-12(11)8-10(9)2;2*1-2/h9-12H,3-8H2,1-2H3;2*1-2H3. The average molecular weight is 226 g/mol. The van der Waals surface area contributed by atoms with Crippen molar-refractivity contribution in [2.75, 3.05) is 0 Å². The minimum atomic E-state index is 1.00. The predicted molar refractivity (Wildman–Crippen MR) is 75.7 cm³/mol. The van der Waals surface area contributed by atoms with E-state index in [2.05, 4.69) is 13.8 Å². The fraction of sp³-hybridized carbons (Fsp3) is 1.00. The molecule has 2 fully saturated rings. The van der Waals surface area contributed by atoms with Crippen molar-refractivity contribution in [2.24, 2.45) is 23.7 Å². The van der Waals surface area contributed by atoms with Gasteiger partial charge in [0.2, 0.25) is 0 Å². The van der Waals surface area contributed by atoms with Crippen molar-refractivity contribution < 1.29 is 0 Å². The second kappa shape index (κ2) is 9.07. The largest absolute Gasteiger partial charge is 0.0683 e. The minimum absolute atomic E-state index is 1.00. The first-order valence-corrected chi connectivity index (χ1v) is 7.77. The van der Waals surface area contributed by atoms with Gasteiger partial charge in [-0.2, -0.15) is 0 Å². The Balaban J connectivity index is 0.000000509. The van der Waals surface area contributed by atoms with Crippen LogP contribution in [0.3, 0.4) is 0 Å². The van der Waals surface area contributed by atoms with Gasteiger partial charge in [-0.1, -0.05) is 67.2 Å². The fourth-order valence-electron chi connectivity index (χ4n) is 3.32. The summed E-state index contributed by atoms with van der Waals surface area (Å²) in [6, 6.07) is 0. The molecule has 0 N–H and O–H groups in total. The van der Waals surface area contributed by atoms with E-state index in [0.29, 0.717) is 0 Å².